The lowest BCUT2D eigenvalue weighted by atomic mass is 9.77. The van der Waals surface area contributed by atoms with Gasteiger partial charge >= 0.3 is 5.97 Å². The van der Waals surface area contributed by atoms with E-state index in [1.165, 1.54) is 20.3 Å². The van der Waals surface area contributed by atoms with Crippen molar-refractivity contribution in [1.29, 1.82) is 0 Å². The lowest BCUT2D eigenvalue weighted by molar-refractivity contribution is -0.157. The third kappa shape index (κ3) is 5.32. The Bertz CT molecular complexity index is 850. The standard InChI is InChI=1S/C24H32N2O5/c1-14-6-5-7-21(15(14)2)26-13-19(12-22(26)28)24(30)31-17(4)23(29)25-20-10-8-18(9-11-20)16(3)27/h8-11,14-15,17,19,21H,5-7,12-13H2,1-4H3,(H,25,29)/t14-,15+,17-,19+,21+/m0/s1. The van der Waals surface area contributed by atoms with E-state index in [-0.39, 0.29) is 24.2 Å². The van der Waals surface area contributed by atoms with E-state index in [1.54, 1.807) is 24.3 Å². The number of ketones is 1. The predicted octanol–water partition coefficient (Wildman–Crippen LogP) is 3.43. The molecule has 0 unspecified atom stereocenters. The van der Waals surface area contributed by atoms with E-state index in [9.17, 15) is 19.2 Å². The number of nitrogens with zero attached hydrogens (tertiary/aromatic N) is 1. The number of benzene rings is 1. The first kappa shape index (κ1) is 23.0. The molecule has 1 heterocycles. The van der Waals surface area contributed by atoms with Gasteiger partial charge in [-0.2, -0.15) is 0 Å². The van der Waals surface area contributed by atoms with Gasteiger partial charge in [-0.05, 0) is 56.4 Å². The molecule has 1 saturated heterocycles. The molecule has 2 fully saturated rings. The van der Waals surface area contributed by atoms with Crippen LogP contribution in [0.15, 0.2) is 24.3 Å². The third-order valence-corrected chi connectivity index (χ3v) is 6.78. The third-order valence-electron chi connectivity index (χ3n) is 6.78. The van der Waals surface area contributed by atoms with Crippen molar-refractivity contribution in [3.05, 3.63) is 29.8 Å². The first-order valence-corrected chi connectivity index (χ1v) is 11.1. The maximum atomic E-state index is 12.6. The van der Waals surface area contributed by atoms with Crippen molar-refractivity contribution in [2.45, 2.75) is 65.5 Å². The number of hydrogen-bond acceptors (Lipinski definition) is 5. The molecule has 7 heteroatoms. The van der Waals surface area contributed by atoms with Gasteiger partial charge in [-0.1, -0.05) is 26.7 Å². The Balaban J connectivity index is 1.54. The zero-order chi connectivity index (χ0) is 22.7. The monoisotopic (exact) mass is 428 g/mol. The molecule has 1 aromatic carbocycles. The average molecular weight is 429 g/mol. The van der Waals surface area contributed by atoms with Gasteiger partial charge in [-0.15, -0.1) is 0 Å². The lowest BCUT2D eigenvalue weighted by Gasteiger charge is -2.39. The minimum Gasteiger partial charge on any atom is -0.452 e. The predicted molar refractivity (Wildman–Crippen MR) is 116 cm³/mol. The number of hydrogen-bond donors (Lipinski definition) is 1. The number of nitrogens with one attached hydrogen (secondary N) is 1. The van der Waals surface area contributed by atoms with Gasteiger partial charge in [0, 0.05) is 30.3 Å². The van der Waals surface area contributed by atoms with Crippen LogP contribution >= 0.6 is 0 Å². The number of likely N-dealkylation sites (tertiary alicyclic amines) is 1. The van der Waals surface area contributed by atoms with E-state index in [0.29, 0.717) is 29.6 Å². The zero-order valence-electron chi connectivity index (χ0n) is 18.7. The molecule has 31 heavy (non-hydrogen) atoms. The first-order valence-electron chi connectivity index (χ1n) is 11.1. The van der Waals surface area contributed by atoms with Crippen LogP contribution in [-0.2, 0) is 19.1 Å². The molecule has 1 aromatic rings. The van der Waals surface area contributed by atoms with Gasteiger partial charge < -0.3 is 15.0 Å². The normalized spacial score (nSPS) is 27.0. The van der Waals surface area contributed by atoms with Crippen molar-refractivity contribution in [3.8, 4) is 0 Å². The Morgan fingerprint density at radius 3 is 2.45 bits per heavy atom. The lowest BCUT2D eigenvalue weighted by Crippen LogP contribution is -2.45. The number of rotatable bonds is 6. The number of carbonyl (C=O) groups excluding carboxylic acids is 4. The smallest absolute Gasteiger partial charge is 0.312 e. The number of Topliss-reactive ketones (excluding diaryl/α,β-unsaturated/α-hetero) is 1. The van der Waals surface area contributed by atoms with Crippen LogP contribution in [0.1, 0.15) is 63.7 Å². The average Bonchev–Trinajstić information content (AvgIpc) is 3.12. The van der Waals surface area contributed by atoms with Gasteiger partial charge in [-0.25, -0.2) is 0 Å². The van der Waals surface area contributed by atoms with Gasteiger partial charge in [0.1, 0.15) is 0 Å². The van der Waals surface area contributed by atoms with E-state index in [2.05, 4.69) is 19.2 Å². The van der Waals surface area contributed by atoms with Crippen molar-refractivity contribution < 1.29 is 23.9 Å². The van der Waals surface area contributed by atoms with E-state index in [4.69, 9.17) is 4.74 Å². The summed E-state index contributed by atoms with van der Waals surface area (Å²) in [6.45, 7) is 7.75. The Labute approximate surface area is 183 Å². The largest absolute Gasteiger partial charge is 0.452 e. The highest BCUT2D eigenvalue weighted by atomic mass is 16.5. The highest BCUT2D eigenvalue weighted by Crippen LogP contribution is 2.36. The van der Waals surface area contributed by atoms with Crippen molar-refractivity contribution in [2.24, 2.45) is 17.8 Å². The highest BCUT2D eigenvalue weighted by molar-refractivity contribution is 5.97. The van der Waals surface area contributed by atoms with Crippen LogP contribution < -0.4 is 5.32 Å². The van der Waals surface area contributed by atoms with Crippen molar-refractivity contribution in [2.75, 3.05) is 11.9 Å². The van der Waals surface area contributed by atoms with E-state index in [1.807, 2.05) is 4.90 Å². The summed E-state index contributed by atoms with van der Waals surface area (Å²) in [6, 6.07) is 6.68. The summed E-state index contributed by atoms with van der Waals surface area (Å²) < 4.78 is 5.38. The van der Waals surface area contributed by atoms with Crippen LogP contribution in [0.3, 0.4) is 0 Å². The van der Waals surface area contributed by atoms with Crippen LogP contribution in [0.5, 0.6) is 0 Å². The molecule has 0 spiro atoms. The van der Waals surface area contributed by atoms with Crippen LogP contribution in [0.4, 0.5) is 5.69 Å². The number of carbonyl (C=O) groups is 4. The molecular weight excluding hydrogens is 396 g/mol. The van der Waals surface area contributed by atoms with Crippen LogP contribution in [0.2, 0.25) is 0 Å². The molecule has 168 valence electrons. The molecule has 1 aliphatic heterocycles. The van der Waals surface area contributed by atoms with E-state index >= 15 is 0 Å². The number of ether oxygens (including phenoxy) is 1. The molecule has 2 amide bonds. The molecule has 0 radical (unpaired) electrons. The van der Waals surface area contributed by atoms with E-state index in [0.717, 1.165) is 12.8 Å². The zero-order valence-corrected chi connectivity index (χ0v) is 18.7. The molecule has 1 saturated carbocycles. The molecule has 1 aliphatic carbocycles. The SMILES string of the molecule is CC(=O)c1ccc(NC(=O)[C@H](C)OC(=O)[C@@H]2CC(=O)N([C@@H]3CCC[C@H](C)[C@H]3C)C2)cc1. The molecule has 0 aromatic heterocycles. The summed E-state index contributed by atoms with van der Waals surface area (Å²) in [7, 11) is 0. The van der Waals surface area contributed by atoms with Crippen molar-refractivity contribution >= 4 is 29.3 Å². The van der Waals surface area contributed by atoms with Gasteiger partial charge in [0.25, 0.3) is 5.91 Å². The molecule has 7 nitrogen and oxygen atoms in total. The second-order valence-electron chi connectivity index (χ2n) is 8.98. The fourth-order valence-corrected chi connectivity index (χ4v) is 4.56. The summed E-state index contributed by atoms with van der Waals surface area (Å²) in [5.41, 5.74) is 1.06. The minimum absolute atomic E-state index is 0.00411. The van der Waals surface area contributed by atoms with Crippen molar-refractivity contribution in [1.82, 2.24) is 4.90 Å². The van der Waals surface area contributed by atoms with Gasteiger partial charge in [-0.3, -0.25) is 19.2 Å². The van der Waals surface area contributed by atoms with Gasteiger partial charge in [0.2, 0.25) is 5.91 Å². The molecule has 3 rings (SSSR count). The van der Waals surface area contributed by atoms with Crippen molar-refractivity contribution in [3.63, 3.8) is 0 Å². The van der Waals surface area contributed by atoms with Crippen LogP contribution in [0.25, 0.3) is 0 Å². The summed E-state index contributed by atoms with van der Waals surface area (Å²) in [4.78, 5) is 50.8. The van der Waals surface area contributed by atoms with Crippen LogP contribution in [0, 0.1) is 17.8 Å². The van der Waals surface area contributed by atoms with Crippen LogP contribution in [-0.4, -0.2) is 47.2 Å². The summed E-state index contributed by atoms with van der Waals surface area (Å²) >= 11 is 0. The van der Waals surface area contributed by atoms with Gasteiger partial charge in [0.15, 0.2) is 11.9 Å². The summed E-state index contributed by atoms with van der Waals surface area (Å²) in [6.07, 6.45) is 2.39. The topological polar surface area (TPSA) is 92.8 Å². The summed E-state index contributed by atoms with van der Waals surface area (Å²) in [5, 5.41) is 2.68. The minimum atomic E-state index is -0.988. The number of amides is 2. The second kappa shape index (κ2) is 9.62. The molecule has 2 aliphatic rings. The Morgan fingerprint density at radius 2 is 1.81 bits per heavy atom. The second-order valence-corrected chi connectivity index (χ2v) is 8.98. The van der Waals surface area contributed by atoms with E-state index < -0.39 is 23.9 Å². The summed E-state index contributed by atoms with van der Waals surface area (Å²) in [5.74, 6) is -0.603. The highest BCUT2D eigenvalue weighted by Gasteiger charge is 2.42. The quantitative estimate of drug-likeness (QED) is 0.553. The Morgan fingerprint density at radius 1 is 1.13 bits per heavy atom. The molecule has 1 N–H and O–H groups in total. The molecular formula is C24H32N2O5. The maximum Gasteiger partial charge on any atom is 0.312 e. The Kier molecular flexibility index (Phi) is 7.13. The number of anilines is 1. The Hall–Kier alpha value is -2.70. The first-order chi connectivity index (χ1) is 14.7. The maximum absolute atomic E-state index is 12.6. The molecule has 0 bridgehead atoms. The fourth-order valence-electron chi connectivity index (χ4n) is 4.56. The van der Waals surface area contributed by atoms with Gasteiger partial charge in [0.05, 0.1) is 5.92 Å². The number of esters is 1. The molecule has 5 atom stereocenters. The fraction of sp³-hybridized carbons (Fsp3) is 0.583.